The van der Waals surface area contributed by atoms with Gasteiger partial charge < -0.3 is 19.3 Å². The van der Waals surface area contributed by atoms with Crippen molar-refractivity contribution < 1.29 is 19.1 Å². The number of aryl methyl sites for hydroxylation is 2. The van der Waals surface area contributed by atoms with E-state index in [1.54, 1.807) is 19.2 Å². The molecule has 0 aliphatic carbocycles. The zero-order valence-corrected chi connectivity index (χ0v) is 16.6. The van der Waals surface area contributed by atoms with Crippen LogP contribution < -0.4 is 14.4 Å². The van der Waals surface area contributed by atoms with Gasteiger partial charge in [-0.25, -0.2) is 0 Å². The average Bonchev–Trinajstić information content (AvgIpc) is 2.72. The molecule has 3 rings (SSSR count). The van der Waals surface area contributed by atoms with Crippen molar-refractivity contribution in [3.05, 3.63) is 53.1 Å². The minimum absolute atomic E-state index is 0.00748. The quantitative estimate of drug-likeness (QED) is 0.719. The van der Waals surface area contributed by atoms with E-state index < -0.39 is 0 Å². The van der Waals surface area contributed by atoms with E-state index in [4.69, 9.17) is 9.47 Å². The van der Waals surface area contributed by atoms with E-state index in [-0.39, 0.29) is 12.5 Å². The van der Waals surface area contributed by atoms with Gasteiger partial charge in [-0.15, -0.1) is 0 Å². The average molecular weight is 382 g/mol. The van der Waals surface area contributed by atoms with Gasteiger partial charge in [0.1, 0.15) is 6.29 Å². The second-order valence-corrected chi connectivity index (χ2v) is 6.93. The van der Waals surface area contributed by atoms with Crippen LogP contribution in [0.2, 0.25) is 0 Å². The van der Waals surface area contributed by atoms with Crippen LogP contribution in [0.25, 0.3) is 0 Å². The SMILES string of the molecule is COc1ccccc1OCC(=O)N1CCN(c2c(C)cc(C=O)cc2C)CC1. The lowest BCUT2D eigenvalue weighted by Gasteiger charge is -2.37. The first-order valence-corrected chi connectivity index (χ1v) is 9.38. The molecule has 6 heteroatoms. The second-order valence-electron chi connectivity index (χ2n) is 6.93. The topological polar surface area (TPSA) is 59.1 Å². The molecule has 6 nitrogen and oxygen atoms in total. The van der Waals surface area contributed by atoms with Crippen molar-refractivity contribution in [2.24, 2.45) is 0 Å². The number of amides is 1. The van der Waals surface area contributed by atoms with Crippen LogP contribution >= 0.6 is 0 Å². The molecule has 0 saturated carbocycles. The summed E-state index contributed by atoms with van der Waals surface area (Å²) < 4.78 is 10.9. The van der Waals surface area contributed by atoms with Gasteiger partial charge in [-0.05, 0) is 49.2 Å². The first-order chi connectivity index (χ1) is 13.5. The lowest BCUT2D eigenvalue weighted by Crippen LogP contribution is -2.50. The van der Waals surface area contributed by atoms with Gasteiger partial charge in [0, 0.05) is 37.4 Å². The first kappa shape index (κ1) is 19.7. The van der Waals surface area contributed by atoms with E-state index in [1.807, 2.05) is 43.0 Å². The summed E-state index contributed by atoms with van der Waals surface area (Å²) in [7, 11) is 1.58. The van der Waals surface area contributed by atoms with E-state index in [2.05, 4.69) is 4.90 Å². The van der Waals surface area contributed by atoms with E-state index in [9.17, 15) is 9.59 Å². The summed E-state index contributed by atoms with van der Waals surface area (Å²) in [4.78, 5) is 27.7. The Hall–Kier alpha value is -3.02. The zero-order valence-electron chi connectivity index (χ0n) is 16.6. The highest BCUT2D eigenvalue weighted by atomic mass is 16.5. The van der Waals surface area contributed by atoms with Crippen LogP contribution in [0.15, 0.2) is 36.4 Å². The third-order valence-corrected chi connectivity index (χ3v) is 5.02. The van der Waals surface area contributed by atoms with Gasteiger partial charge >= 0.3 is 0 Å². The number of nitrogens with zero attached hydrogens (tertiary/aromatic N) is 2. The highest BCUT2D eigenvalue weighted by Crippen LogP contribution is 2.28. The van der Waals surface area contributed by atoms with Gasteiger partial charge in [0.05, 0.1) is 7.11 Å². The molecule has 28 heavy (non-hydrogen) atoms. The Morgan fingerprint density at radius 2 is 1.64 bits per heavy atom. The molecule has 1 heterocycles. The molecule has 2 aromatic carbocycles. The number of methoxy groups -OCH3 is 1. The van der Waals surface area contributed by atoms with Gasteiger partial charge in [0.25, 0.3) is 5.91 Å². The first-order valence-electron chi connectivity index (χ1n) is 9.38. The van der Waals surface area contributed by atoms with E-state index >= 15 is 0 Å². The van der Waals surface area contributed by atoms with Crippen LogP contribution in [0.4, 0.5) is 5.69 Å². The van der Waals surface area contributed by atoms with E-state index in [1.165, 1.54) is 0 Å². The number of para-hydroxylation sites is 2. The number of aldehydes is 1. The van der Waals surface area contributed by atoms with Gasteiger partial charge in [-0.3, -0.25) is 9.59 Å². The number of anilines is 1. The fourth-order valence-electron chi connectivity index (χ4n) is 3.70. The molecule has 0 bridgehead atoms. The summed E-state index contributed by atoms with van der Waals surface area (Å²) in [6, 6.07) is 11.1. The molecular weight excluding hydrogens is 356 g/mol. The van der Waals surface area contributed by atoms with Gasteiger partial charge in [-0.2, -0.15) is 0 Å². The smallest absolute Gasteiger partial charge is 0.260 e. The second kappa shape index (κ2) is 8.78. The molecule has 0 N–H and O–H groups in total. The minimum Gasteiger partial charge on any atom is -0.493 e. The highest BCUT2D eigenvalue weighted by Gasteiger charge is 2.23. The predicted molar refractivity (Wildman–Crippen MR) is 109 cm³/mol. The van der Waals surface area contributed by atoms with Crippen LogP contribution in [0.1, 0.15) is 21.5 Å². The molecule has 1 amide bonds. The van der Waals surface area contributed by atoms with Crippen LogP contribution in [-0.4, -0.2) is 57.0 Å². The number of hydrogen-bond donors (Lipinski definition) is 0. The van der Waals surface area contributed by atoms with Crippen LogP contribution in [-0.2, 0) is 4.79 Å². The van der Waals surface area contributed by atoms with Crippen LogP contribution in [0, 0.1) is 13.8 Å². The number of carbonyl (C=O) groups is 2. The van der Waals surface area contributed by atoms with Crippen molar-refractivity contribution in [1.29, 1.82) is 0 Å². The Bertz CT molecular complexity index is 834. The maximum absolute atomic E-state index is 12.5. The Kier molecular flexibility index (Phi) is 6.19. The number of ether oxygens (including phenoxy) is 2. The molecule has 1 aliphatic rings. The maximum atomic E-state index is 12.5. The summed E-state index contributed by atoms with van der Waals surface area (Å²) in [5.41, 5.74) is 4.02. The van der Waals surface area contributed by atoms with E-state index in [0.29, 0.717) is 30.2 Å². The number of carbonyl (C=O) groups excluding carboxylic acids is 2. The lowest BCUT2D eigenvalue weighted by atomic mass is 10.0. The Morgan fingerprint density at radius 3 is 2.21 bits per heavy atom. The largest absolute Gasteiger partial charge is 0.493 e. The van der Waals surface area contributed by atoms with Gasteiger partial charge in [0.2, 0.25) is 0 Å². The van der Waals surface area contributed by atoms with Crippen molar-refractivity contribution >= 4 is 17.9 Å². The van der Waals surface area contributed by atoms with Crippen molar-refractivity contribution in [3.8, 4) is 11.5 Å². The third-order valence-electron chi connectivity index (χ3n) is 5.02. The van der Waals surface area contributed by atoms with Gasteiger partial charge in [-0.1, -0.05) is 12.1 Å². The van der Waals surface area contributed by atoms with Crippen molar-refractivity contribution in [2.45, 2.75) is 13.8 Å². The number of piperazine rings is 1. The van der Waals surface area contributed by atoms with Gasteiger partial charge in [0.15, 0.2) is 18.1 Å². The van der Waals surface area contributed by atoms with Crippen molar-refractivity contribution in [3.63, 3.8) is 0 Å². The van der Waals surface area contributed by atoms with Crippen LogP contribution in [0.5, 0.6) is 11.5 Å². The Morgan fingerprint density at radius 1 is 1.04 bits per heavy atom. The fourth-order valence-corrected chi connectivity index (χ4v) is 3.70. The maximum Gasteiger partial charge on any atom is 0.260 e. The zero-order chi connectivity index (χ0) is 20.1. The Labute approximate surface area is 165 Å². The highest BCUT2D eigenvalue weighted by molar-refractivity contribution is 5.79. The van der Waals surface area contributed by atoms with Crippen molar-refractivity contribution in [1.82, 2.24) is 4.90 Å². The molecule has 0 atom stereocenters. The number of benzene rings is 2. The third kappa shape index (κ3) is 4.27. The molecule has 1 saturated heterocycles. The molecule has 0 aromatic heterocycles. The summed E-state index contributed by atoms with van der Waals surface area (Å²) in [5.74, 6) is 1.15. The predicted octanol–water partition coefficient (Wildman–Crippen LogP) is 2.85. The fraction of sp³-hybridized carbons (Fsp3) is 0.364. The molecule has 2 aromatic rings. The molecule has 0 radical (unpaired) electrons. The summed E-state index contributed by atoms with van der Waals surface area (Å²) in [5, 5.41) is 0. The molecule has 0 spiro atoms. The summed E-state index contributed by atoms with van der Waals surface area (Å²) >= 11 is 0. The number of rotatable bonds is 6. The lowest BCUT2D eigenvalue weighted by molar-refractivity contribution is -0.133. The summed E-state index contributed by atoms with van der Waals surface area (Å²) in [6.07, 6.45) is 0.877. The molecule has 1 fully saturated rings. The molecule has 0 unspecified atom stereocenters. The normalized spacial score (nSPS) is 14.0. The monoisotopic (exact) mass is 382 g/mol. The molecular formula is C22H26N2O4. The Balaban J connectivity index is 1.58. The number of hydrogen-bond acceptors (Lipinski definition) is 5. The standard InChI is InChI=1S/C22H26N2O4/c1-16-12-18(14-25)13-17(2)22(16)24-10-8-23(9-11-24)21(26)15-28-20-7-5-4-6-19(20)27-3/h4-7,12-14H,8-11,15H2,1-3H3. The van der Waals surface area contributed by atoms with Crippen LogP contribution in [0.3, 0.4) is 0 Å². The van der Waals surface area contributed by atoms with Crippen molar-refractivity contribution in [2.75, 3.05) is 44.8 Å². The molecule has 148 valence electrons. The summed E-state index contributed by atoms with van der Waals surface area (Å²) in [6.45, 7) is 6.82. The molecule has 1 aliphatic heterocycles. The minimum atomic E-state index is -0.0321. The van der Waals surface area contributed by atoms with E-state index in [0.717, 1.165) is 36.2 Å².